The molecule has 0 radical (unpaired) electrons. The lowest BCUT2D eigenvalue weighted by Crippen LogP contribution is -2.19. The van der Waals surface area contributed by atoms with Gasteiger partial charge < -0.3 is 15.4 Å². The number of aromatic nitrogens is 2. The number of nitrogens with zero attached hydrogens (tertiary/aromatic N) is 2. The van der Waals surface area contributed by atoms with Crippen LogP contribution >= 0.6 is 22.6 Å². The van der Waals surface area contributed by atoms with Crippen LogP contribution in [0, 0.1) is 0 Å². The Morgan fingerprint density at radius 1 is 1.12 bits per heavy atom. The minimum atomic E-state index is -0.298. The van der Waals surface area contributed by atoms with Crippen molar-refractivity contribution >= 4 is 40.0 Å². The van der Waals surface area contributed by atoms with Crippen molar-refractivity contribution in [2.45, 2.75) is 4.43 Å². The van der Waals surface area contributed by atoms with E-state index >= 15 is 0 Å². The first kappa shape index (κ1) is 18.2. The van der Waals surface area contributed by atoms with Gasteiger partial charge in [-0.1, -0.05) is 34.7 Å². The van der Waals surface area contributed by atoms with E-state index in [4.69, 9.17) is 4.74 Å². The second-order valence-corrected chi connectivity index (χ2v) is 6.43. The number of carbonyl (C=O) groups is 1. The molecule has 0 atom stereocenters. The quantitative estimate of drug-likeness (QED) is 0.428. The normalized spacial score (nSPS) is 10.4. The number of urea groups is 1. The molecule has 0 saturated heterocycles. The van der Waals surface area contributed by atoms with E-state index in [1.807, 2.05) is 49.5 Å². The van der Waals surface area contributed by atoms with Gasteiger partial charge >= 0.3 is 6.03 Å². The van der Waals surface area contributed by atoms with Gasteiger partial charge in [-0.15, -0.1) is 0 Å². The van der Waals surface area contributed by atoms with Gasteiger partial charge in [-0.2, -0.15) is 5.10 Å². The van der Waals surface area contributed by atoms with Crippen LogP contribution in [0.4, 0.5) is 16.2 Å². The highest BCUT2D eigenvalue weighted by molar-refractivity contribution is 14.1. The third-order valence-electron chi connectivity index (χ3n) is 3.92. The molecule has 0 unspecified atom stereocenters. The summed E-state index contributed by atoms with van der Waals surface area (Å²) >= 11 is 2.30. The summed E-state index contributed by atoms with van der Waals surface area (Å²) in [6, 6.07) is 14.9. The van der Waals surface area contributed by atoms with Crippen molar-refractivity contribution in [2.24, 2.45) is 7.05 Å². The molecular formula is C19H19IN4O2. The fourth-order valence-corrected chi connectivity index (χ4v) is 3.10. The summed E-state index contributed by atoms with van der Waals surface area (Å²) < 4.78 is 8.13. The lowest BCUT2D eigenvalue weighted by molar-refractivity contribution is 0.262. The van der Waals surface area contributed by atoms with Crippen molar-refractivity contribution in [1.29, 1.82) is 0 Å². The first-order valence-electron chi connectivity index (χ1n) is 8.00. The summed E-state index contributed by atoms with van der Waals surface area (Å²) in [6.45, 7) is 0. The monoisotopic (exact) mass is 462 g/mol. The van der Waals surface area contributed by atoms with Crippen LogP contribution in [0.3, 0.4) is 0 Å². The zero-order valence-corrected chi connectivity index (χ0v) is 16.6. The SMILES string of the molecule is COc1ccc(NC(=O)Nc2ccc(CI)cc2)cc1-c1ccnn1C. The number of amides is 2. The summed E-state index contributed by atoms with van der Waals surface area (Å²) in [5.41, 5.74) is 4.39. The molecule has 1 aromatic heterocycles. The maximum absolute atomic E-state index is 12.3. The van der Waals surface area contributed by atoms with Gasteiger partial charge in [0.1, 0.15) is 5.75 Å². The molecule has 1 heterocycles. The number of ether oxygens (including phenoxy) is 1. The van der Waals surface area contributed by atoms with Gasteiger partial charge in [-0.25, -0.2) is 4.79 Å². The molecule has 0 spiro atoms. The number of carbonyl (C=O) groups excluding carboxylic acids is 1. The molecule has 2 amide bonds. The number of alkyl halides is 1. The largest absolute Gasteiger partial charge is 0.496 e. The van der Waals surface area contributed by atoms with E-state index in [9.17, 15) is 4.79 Å². The number of aryl methyl sites for hydroxylation is 1. The first-order chi connectivity index (χ1) is 12.6. The topological polar surface area (TPSA) is 68.2 Å². The van der Waals surface area contributed by atoms with Crippen molar-refractivity contribution in [2.75, 3.05) is 17.7 Å². The minimum Gasteiger partial charge on any atom is -0.496 e. The second-order valence-electron chi connectivity index (χ2n) is 5.66. The molecule has 0 aliphatic carbocycles. The Hall–Kier alpha value is -2.55. The molecule has 3 rings (SSSR count). The molecule has 2 N–H and O–H groups in total. The Labute approximate surface area is 165 Å². The molecule has 134 valence electrons. The molecule has 0 aliphatic rings. The van der Waals surface area contributed by atoms with E-state index in [0.29, 0.717) is 11.4 Å². The van der Waals surface area contributed by atoms with Crippen molar-refractivity contribution in [1.82, 2.24) is 9.78 Å². The maximum atomic E-state index is 12.3. The average Bonchev–Trinajstić information content (AvgIpc) is 3.08. The van der Waals surface area contributed by atoms with Crippen molar-refractivity contribution in [3.05, 3.63) is 60.3 Å². The first-order valence-corrected chi connectivity index (χ1v) is 9.52. The van der Waals surface area contributed by atoms with Gasteiger partial charge in [0.05, 0.1) is 12.8 Å². The van der Waals surface area contributed by atoms with Gasteiger partial charge in [0.2, 0.25) is 0 Å². The number of anilines is 2. The van der Waals surface area contributed by atoms with E-state index in [1.165, 1.54) is 5.56 Å². The van der Waals surface area contributed by atoms with Crippen LogP contribution in [0.15, 0.2) is 54.7 Å². The van der Waals surface area contributed by atoms with Crippen LogP contribution in [0.5, 0.6) is 5.75 Å². The fraction of sp³-hybridized carbons (Fsp3) is 0.158. The Balaban J connectivity index is 1.77. The van der Waals surface area contributed by atoms with Gasteiger partial charge in [0.15, 0.2) is 0 Å². The standard InChI is InChI=1S/C19H19IN4O2/c1-24-17(9-10-21-24)16-11-15(7-8-18(16)26-2)23-19(25)22-14-5-3-13(12-20)4-6-14/h3-11H,12H2,1-2H3,(H2,22,23,25). The van der Waals surface area contributed by atoms with Crippen molar-refractivity contribution < 1.29 is 9.53 Å². The third kappa shape index (κ3) is 4.16. The number of halogens is 1. The zero-order valence-electron chi connectivity index (χ0n) is 14.5. The van der Waals surface area contributed by atoms with E-state index < -0.39 is 0 Å². The molecule has 2 aromatic carbocycles. The van der Waals surface area contributed by atoms with E-state index in [1.54, 1.807) is 24.1 Å². The molecule has 7 heteroatoms. The smallest absolute Gasteiger partial charge is 0.323 e. The molecule has 0 bridgehead atoms. The van der Waals surface area contributed by atoms with Crippen LogP contribution in [0.1, 0.15) is 5.56 Å². The van der Waals surface area contributed by atoms with E-state index in [-0.39, 0.29) is 6.03 Å². The highest BCUT2D eigenvalue weighted by atomic mass is 127. The number of methoxy groups -OCH3 is 1. The summed E-state index contributed by atoms with van der Waals surface area (Å²) in [6.07, 6.45) is 1.72. The second kappa shape index (κ2) is 8.22. The number of rotatable bonds is 5. The fourth-order valence-electron chi connectivity index (χ4n) is 2.59. The van der Waals surface area contributed by atoms with Crippen molar-refractivity contribution in [3.63, 3.8) is 0 Å². The van der Waals surface area contributed by atoms with Crippen LogP contribution in [0.2, 0.25) is 0 Å². The predicted octanol–water partition coefficient (Wildman–Crippen LogP) is 4.67. The number of hydrogen-bond acceptors (Lipinski definition) is 3. The highest BCUT2D eigenvalue weighted by Crippen LogP contribution is 2.32. The molecule has 0 aliphatic heterocycles. The summed E-state index contributed by atoms with van der Waals surface area (Å²) in [4.78, 5) is 12.3. The van der Waals surface area contributed by atoms with Gasteiger partial charge in [-0.05, 0) is 42.0 Å². The van der Waals surface area contributed by atoms with Crippen LogP contribution in [-0.4, -0.2) is 22.9 Å². The third-order valence-corrected chi connectivity index (χ3v) is 4.80. The van der Waals surface area contributed by atoms with Crippen LogP contribution in [0.25, 0.3) is 11.3 Å². The number of benzene rings is 2. The van der Waals surface area contributed by atoms with Gasteiger partial charge in [0, 0.05) is 34.6 Å². The maximum Gasteiger partial charge on any atom is 0.323 e. The minimum absolute atomic E-state index is 0.298. The summed E-state index contributed by atoms with van der Waals surface area (Å²) in [7, 11) is 3.48. The number of nitrogens with one attached hydrogen (secondary N) is 2. The molecular weight excluding hydrogens is 443 g/mol. The Kier molecular flexibility index (Phi) is 5.77. The van der Waals surface area contributed by atoms with Gasteiger partial charge in [-0.3, -0.25) is 4.68 Å². The lowest BCUT2D eigenvalue weighted by Gasteiger charge is -2.13. The van der Waals surface area contributed by atoms with Crippen LogP contribution in [-0.2, 0) is 11.5 Å². The summed E-state index contributed by atoms with van der Waals surface area (Å²) in [5.74, 6) is 0.717. The predicted molar refractivity (Wildman–Crippen MR) is 112 cm³/mol. The Morgan fingerprint density at radius 2 is 1.81 bits per heavy atom. The molecule has 6 nitrogen and oxygen atoms in total. The zero-order chi connectivity index (χ0) is 18.5. The highest BCUT2D eigenvalue weighted by Gasteiger charge is 2.12. The Bertz CT molecular complexity index is 906. The van der Waals surface area contributed by atoms with Crippen molar-refractivity contribution in [3.8, 4) is 17.0 Å². The van der Waals surface area contributed by atoms with E-state index in [2.05, 4.69) is 38.3 Å². The molecule has 3 aromatic rings. The summed E-state index contributed by atoms with van der Waals surface area (Å²) in [5, 5.41) is 9.88. The Morgan fingerprint density at radius 3 is 2.42 bits per heavy atom. The molecule has 26 heavy (non-hydrogen) atoms. The lowest BCUT2D eigenvalue weighted by atomic mass is 10.1. The number of hydrogen-bond donors (Lipinski definition) is 2. The van der Waals surface area contributed by atoms with Crippen LogP contribution < -0.4 is 15.4 Å². The molecule has 0 fully saturated rings. The average molecular weight is 462 g/mol. The molecule has 0 saturated carbocycles. The van der Waals surface area contributed by atoms with Gasteiger partial charge in [0.25, 0.3) is 0 Å². The van der Waals surface area contributed by atoms with E-state index in [0.717, 1.165) is 21.4 Å².